The summed E-state index contributed by atoms with van der Waals surface area (Å²) in [4.78, 5) is 28.3. The van der Waals surface area contributed by atoms with E-state index in [0.29, 0.717) is 11.3 Å². The molecule has 1 spiro atoms. The van der Waals surface area contributed by atoms with E-state index < -0.39 is 23.4 Å². The molecule has 0 radical (unpaired) electrons. The molecule has 144 valence electrons. The monoisotopic (exact) mass is 379 g/mol. The van der Waals surface area contributed by atoms with Gasteiger partial charge in [0.2, 0.25) is 11.8 Å². The molecule has 7 nitrogen and oxygen atoms in total. The summed E-state index contributed by atoms with van der Waals surface area (Å²) in [7, 11) is 0. The van der Waals surface area contributed by atoms with Gasteiger partial charge in [0.1, 0.15) is 23.0 Å². The number of hydrogen-bond acceptors (Lipinski definition) is 6. The second-order valence-electron chi connectivity index (χ2n) is 6.81. The first-order chi connectivity index (χ1) is 13.3. The predicted octanol–water partition coefficient (Wildman–Crippen LogP) is 2.41. The molecular weight excluding hydrogens is 358 g/mol. The van der Waals surface area contributed by atoms with Crippen LogP contribution in [0.4, 0.5) is 5.69 Å². The number of para-hydroxylation sites is 1. The van der Waals surface area contributed by atoms with Gasteiger partial charge in [-0.1, -0.05) is 24.3 Å². The number of allylic oxidation sites excluding steroid dienone is 1. The summed E-state index contributed by atoms with van der Waals surface area (Å²) in [6.07, 6.45) is 1.16. The molecule has 2 aliphatic heterocycles. The smallest absolute Gasteiger partial charge is 0.339 e. The molecule has 0 unspecified atom stereocenters. The lowest BCUT2D eigenvalue weighted by Gasteiger charge is -2.34. The molecule has 2 N–H and O–H groups in total. The Morgan fingerprint density at radius 3 is 2.75 bits per heavy atom. The van der Waals surface area contributed by atoms with Gasteiger partial charge in [-0.05, 0) is 26.8 Å². The number of nitrogens with two attached hydrogens (primary N) is 1. The molecule has 0 saturated heterocycles. The Kier molecular flexibility index (Phi) is 4.73. The highest BCUT2D eigenvalue weighted by atomic mass is 16.5. The molecular formula is C21H21N3O4. The van der Waals surface area contributed by atoms with Gasteiger partial charge in [0, 0.05) is 17.8 Å². The molecule has 7 heteroatoms. The van der Waals surface area contributed by atoms with E-state index >= 15 is 0 Å². The highest BCUT2D eigenvalue weighted by molar-refractivity contribution is 6.18. The van der Waals surface area contributed by atoms with Crippen LogP contribution in [-0.4, -0.2) is 24.5 Å². The molecule has 0 aromatic heterocycles. The van der Waals surface area contributed by atoms with Gasteiger partial charge in [-0.25, -0.2) is 4.79 Å². The third kappa shape index (κ3) is 2.49. The Labute approximate surface area is 163 Å². The summed E-state index contributed by atoms with van der Waals surface area (Å²) in [6, 6.07) is 8.98. The van der Waals surface area contributed by atoms with Gasteiger partial charge in [-0.15, -0.1) is 6.58 Å². The molecule has 1 aromatic carbocycles. The number of carbonyl (C=O) groups is 2. The van der Waals surface area contributed by atoms with E-state index in [1.165, 1.54) is 11.8 Å². The summed E-state index contributed by atoms with van der Waals surface area (Å²) in [6.45, 7) is 8.85. The van der Waals surface area contributed by atoms with Crippen LogP contribution in [0.2, 0.25) is 0 Å². The average Bonchev–Trinajstić information content (AvgIpc) is 2.85. The highest BCUT2D eigenvalue weighted by Gasteiger charge is 2.62. The van der Waals surface area contributed by atoms with Crippen molar-refractivity contribution in [1.29, 1.82) is 5.26 Å². The van der Waals surface area contributed by atoms with Crippen LogP contribution in [0.5, 0.6) is 0 Å². The fourth-order valence-electron chi connectivity index (χ4n) is 3.80. The van der Waals surface area contributed by atoms with Crippen molar-refractivity contribution < 1.29 is 19.1 Å². The Balaban J connectivity index is 2.39. The van der Waals surface area contributed by atoms with Crippen LogP contribution in [0.1, 0.15) is 26.3 Å². The first kappa shape index (κ1) is 19.2. The second kappa shape index (κ2) is 6.89. The van der Waals surface area contributed by atoms with Crippen molar-refractivity contribution in [3.8, 4) is 6.07 Å². The minimum absolute atomic E-state index is 0.0315. The molecule has 28 heavy (non-hydrogen) atoms. The van der Waals surface area contributed by atoms with Gasteiger partial charge < -0.3 is 20.1 Å². The van der Waals surface area contributed by atoms with Crippen molar-refractivity contribution in [3.05, 3.63) is 65.3 Å². The Morgan fingerprint density at radius 2 is 2.14 bits per heavy atom. The number of ether oxygens (including phenoxy) is 2. The van der Waals surface area contributed by atoms with Crippen molar-refractivity contribution in [1.82, 2.24) is 0 Å². The van der Waals surface area contributed by atoms with Crippen LogP contribution in [0.15, 0.2) is 59.7 Å². The number of esters is 1. The summed E-state index contributed by atoms with van der Waals surface area (Å²) < 4.78 is 10.9. The van der Waals surface area contributed by atoms with Gasteiger partial charge in [0.25, 0.3) is 0 Å². The highest BCUT2D eigenvalue weighted by Crippen LogP contribution is 2.54. The zero-order chi connectivity index (χ0) is 20.6. The zero-order valence-electron chi connectivity index (χ0n) is 16.0. The molecule has 0 bridgehead atoms. The SMILES string of the molecule is C=CCN1C(=O)[C@]2(C(C#N)=C(N)OC(C)=C2C(=O)OC(C)C)c2ccccc21. The van der Waals surface area contributed by atoms with Crippen molar-refractivity contribution in [2.75, 3.05) is 11.4 Å². The Hall–Kier alpha value is -3.53. The van der Waals surface area contributed by atoms with E-state index in [2.05, 4.69) is 6.58 Å². The number of rotatable bonds is 4. The quantitative estimate of drug-likeness (QED) is 0.636. The van der Waals surface area contributed by atoms with E-state index in [0.717, 1.165) is 0 Å². The minimum atomic E-state index is -1.72. The first-order valence-corrected chi connectivity index (χ1v) is 8.83. The standard InChI is InChI=1S/C21H21N3O4/c1-5-10-24-16-9-7-6-8-14(16)21(20(24)26)15(11-22)18(23)28-13(4)17(21)19(25)27-12(2)3/h5-9,12H,1,10,23H2,2-4H3/t21-/m0/s1. The number of nitrogens with zero attached hydrogens (tertiary/aromatic N) is 2. The van der Waals surface area contributed by atoms with Crippen LogP contribution in [0.25, 0.3) is 0 Å². The van der Waals surface area contributed by atoms with Crippen molar-refractivity contribution in [2.45, 2.75) is 32.3 Å². The predicted molar refractivity (Wildman–Crippen MR) is 103 cm³/mol. The number of anilines is 1. The Morgan fingerprint density at radius 1 is 1.46 bits per heavy atom. The average molecular weight is 379 g/mol. The van der Waals surface area contributed by atoms with Crippen molar-refractivity contribution >= 4 is 17.6 Å². The van der Waals surface area contributed by atoms with E-state index in [1.54, 1.807) is 44.2 Å². The number of hydrogen-bond donors (Lipinski definition) is 1. The maximum Gasteiger partial charge on any atom is 0.339 e. The van der Waals surface area contributed by atoms with Crippen molar-refractivity contribution in [3.63, 3.8) is 0 Å². The van der Waals surface area contributed by atoms with Crippen LogP contribution in [0, 0.1) is 11.3 Å². The fraction of sp³-hybridized carbons (Fsp3) is 0.286. The lowest BCUT2D eigenvalue weighted by atomic mass is 9.68. The minimum Gasteiger partial charge on any atom is -0.459 e. The maximum atomic E-state index is 13.7. The third-order valence-corrected chi connectivity index (χ3v) is 4.75. The van der Waals surface area contributed by atoms with Crippen LogP contribution in [0.3, 0.4) is 0 Å². The molecule has 0 fully saturated rings. The number of fused-ring (bicyclic) bond motifs is 2. The number of nitriles is 1. The van der Waals surface area contributed by atoms with Gasteiger partial charge in [0.05, 0.1) is 6.10 Å². The Bertz CT molecular complexity index is 984. The molecule has 1 atom stereocenters. The molecule has 0 aliphatic carbocycles. The summed E-state index contributed by atoms with van der Waals surface area (Å²) in [5.41, 5.74) is 5.19. The lowest BCUT2D eigenvalue weighted by Crippen LogP contribution is -2.48. The summed E-state index contributed by atoms with van der Waals surface area (Å²) >= 11 is 0. The van der Waals surface area contributed by atoms with Gasteiger partial charge in [0.15, 0.2) is 5.41 Å². The molecule has 3 rings (SSSR count). The number of benzene rings is 1. The van der Waals surface area contributed by atoms with E-state index in [1.807, 2.05) is 6.07 Å². The van der Waals surface area contributed by atoms with Crippen LogP contribution >= 0.6 is 0 Å². The van der Waals surface area contributed by atoms with E-state index in [-0.39, 0.29) is 29.3 Å². The van der Waals surface area contributed by atoms with Gasteiger partial charge >= 0.3 is 5.97 Å². The first-order valence-electron chi connectivity index (χ1n) is 8.83. The molecule has 2 heterocycles. The zero-order valence-corrected chi connectivity index (χ0v) is 16.0. The third-order valence-electron chi connectivity index (χ3n) is 4.75. The van der Waals surface area contributed by atoms with Gasteiger partial charge in [-0.2, -0.15) is 5.26 Å². The summed E-state index contributed by atoms with van der Waals surface area (Å²) in [5.74, 6) is -1.27. The normalized spacial score (nSPS) is 21.0. The van der Waals surface area contributed by atoms with Crippen LogP contribution in [-0.2, 0) is 24.5 Å². The molecule has 1 aromatic rings. The molecule has 1 amide bonds. The fourth-order valence-corrected chi connectivity index (χ4v) is 3.80. The summed E-state index contributed by atoms with van der Waals surface area (Å²) in [5, 5.41) is 9.88. The molecule has 0 saturated carbocycles. The lowest BCUT2D eigenvalue weighted by molar-refractivity contribution is -0.144. The van der Waals surface area contributed by atoms with Crippen molar-refractivity contribution in [2.24, 2.45) is 5.73 Å². The topological polar surface area (TPSA) is 106 Å². The molecule has 2 aliphatic rings. The second-order valence-corrected chi connectivity index (χ2v) is 6.81. The maximum absolute atomic E-state index is 13.7. The van der Waals surface area contributed by atoms with Crippen LogP contribution < -0.4 is 10.6 Å². The van der Waals surface area contributed by atoms with E-state index in [4.69, 9.17) is 15.2 Å². The largest absolute Gasteiger partial charge is 0.459 e. The number of amides is 1. The van der Waals surface area contributed by atoms with E-state index in [9.17, 15) is 14.9 Å². The number of carbonyl (C=O) groups excluding carboxylic acids is 2. The van der Waals surface area contributed by atoms with Gasteiger partial charge in [-0.3, -0.25) is 4.79 Å².